The zero-order valence-electron chi connectivity index (χ0n) is 22.2. The van der Waals surface area contributed by atoms with Crippen LogP contribution < -0.4 is 10.6 Å². The molecule has 206 valence electrons. The molecule has 5 rings (SSSR count). The first-order chi connectivity index (χ1) is 18.9. The molecule has 0 saturated carbocycles. The van der Waals surface area contributed by atoms with E-state index in [0.717, 1.165) is 42.3 Å². The minimum Gasteiger partial charge on any atom is -0.383 e. The van der Waals surface area contributed by atoms with Gasteiger partial charge in [0.25, 0.3) is 0 Å². The Morgan fingerprint density at radius 1 is 1.21 bits per heavy atom. The fourth-order valence-electron chi connectivity index (χ4n) is 5.54. The lowest BCUT2D eigenvalue weighted by molar-refractivity contribution is 0.159. The highest BCUT2D eigenvalue weighted by Gasteiger charge is 2.35. The number of aromatic nitrogens is 2. The normalized spacial score (nSPS) is 27.3. The van der Waals surface area contributed by atoms with E-state index in [-0.39, 0.29) is 18.0 Å². The molecule has 0 spiro atoms. The summed E-state index contributed by atoms with van der Waals surface area (Å²) in [6, 6.07) is 5.16. The molecule has 39 heavy (non-hydrogen) atoms. The van der Waals surface area contributed by atoms with Crippen molar-refractivity contribution in [3.8, 4) is 0 Å². The Bertz CT molecular complexity index is 1330. The maximum absolute atomic E-state index is 14.0. The molecular weight excluding hydrogens is 502 g/mol. The number of methoxy groups -OCH3 is 1. The van der Waals surface area contributed by atoms with Crippen LogP contribution >= 0.6 is 0 Å². The molecule has 3 heterocycles. The Labute approximate surface area is 227 Å². The number of aliphatic imine (C=N–C) groups is 1. The van der Waals surface area contributed by atoms with Gasteiger partial charge in [0, 0.05) is 57.7 Å². The minimum atomic E-state index is -0.893. The van der Waals surface area contributed by atoms with Gasteiger partial charge >= 0.3 is 6.03 Å². The number of likely N-dealkylation sites (tertiary alicyclic amines) is 1. The molecule has 2 amide bonds. The molecule has 1 fully saturated rings. The van der Waals surface area contributed by atoms with Crippen LogP contribution in [0.2, 0.25) is 0 Å². The molecule has 2 aliphatic heterocycles. The first-order valence-corrected chi connectivity index (χ1v) is 13.3. The van der Waals surface area contributed by atoms with Crippen molar-refractivity contribution in [1.29, 1.82) is 0 Å². The molecule has 2 aromatic rings. The van der Waals surface area contributed by atoms with Crippen LogP contribution in [0, 0.1) is 17.6 Å². The number of amides is 2. The van der Waals surface area contributed by atoms with Gasteiger partial charge < -0.3 is 10.1 Å². The van der Waals surface area contributed by atoms with Crippen LogP contribution in [0.25, 0.3) is 5.57 Å². The lowest BCUT2D eigenvalue weighted by Crippen LogP contribution is -2.42. The van der Waals surface area contributed by atoms with Crippen molar-refractivity contribution in [2.24, 2.45) is 18.0 Å². The van der Waals surface area contributed by atoms with Crippen LogP contribution in [0.15, 0.2) is 59.8 Å². The molecule has 10 heteroatoms. The standard InChI is InChI=1S/C29H34F2N6O2/c1-36-28(16-26(35-36)22-7-3-6-21-10-8-19(22)5-4-12-32-21)34-29(38)33-27-18-37(13-14-39-2)17-23(27)20-9-11-24(30)25(31)15-20/h3-4,6-7,9,11-12,15-16,19,23,27H,5,8,10,13-14,17-18H2,1-2H3,(H2,33,34,38)/b6-3-,12-4-,22-7+,32-21+/t19?,23-,27+/m0/s1. The average Bonchev–Trinajstić information content (AvgIpc) is 3.46. The first kappa shape index (κ1) is 27.0. The summed E-state index contributed by atoms with van der Waals surface area (Å²) in [7, 11) is 3.43. The van der Waals surface area contributed by atoms with E-state index in [2.05, 4.69) is 32.7 Å². The van der Waals surface area contributed by atoms with Crippen molar-refractivity contribution < 1.29 is 18.3 Å². The summed E-state index contributed by atoms with van der Waals surface area (Å²) in [6.45, 7) is 2.38. The van der Waals surface area contributed by atoms with Crippen molar-refractivity contribution in [1.82, 2.24) is 20.0 Å². The van der Waals surface area contributed by atoms with Gasteiger partial charge in [0.1, 0.15) is 5.82 Å². The molecule has 8 nitrogen and oxygen atoms in total. The zero-order chi connectivity index (χ0) is 27.4. The Kier molecular flexibility index (Phi) is 8.33. The van der Waals surface area contributed by atoms with Crippen LogP contribution in [0.3, 0.4) is 0 Å². The van der Waals surface area contributed by atoms with Crippen LogP contribution in [0.1, 0.15) is 36.4 Å². The van der Waals surface area contributed by atoms with Crippen LogP contribution in [-0.4, -0.2) is 65.8 Å². The van der Waals surface area contributed by atoms with E-state index in [1.807, 2.05) is 24.4 Å². The molecule has 3 atom stereocenters. The number of rotatable bonds is 7. The zero-order valence-corrected chi connectivity index (χ0v) is 22.2. The fourth-order valence-corrected chi connectivity index (χ4v) is 5.54. The van der Waals surface area contributed by atoms with Crippen molar-refractivity contribution in [3.05, 3.63) is 77.7 Å². The number of carbonyl (C=O) groups excluding carboxylic acids is 1. The number of ether oxygens (including phenoxy) is 1. The maximum atomic E-state index is 14.0. The van der Waals surface area contributed by atoms with Gasteiger partial charge in [-0.1, -0.05) is 24.3 Å². The summed E-state index contributed by atoms with van der Waals surface area (Å²) >= 11 is 0. The number of carbonyl (C=O) groups is 1. The number of nitrogens with zero attached hydrogens (tertiary/aromatic N) is 4. The quantitative estimate of drug-likeness (QED) is 0.540. The van der Waals surface area contributed by atoms with E-state index < -0.39 is 11.6 Å². The predicted octanol–water partition coefficient (Wildman–Crippen LogP) is 4.64. The Hall–Kier alpha value is -3.63. The third-order valence-corrected chi connectivity index (χ3v) is 7.63. The average molecular weight is 537 g/mol. The van der Waals surface area contributed by atoms with Gasteiger partial charge in [-0.15, -0.1) is 0 Å². The second-order valence-corrected chi connectivity index (χ2v) is 10.2. The third-order valence-electron chi connectivity index (χ3n) is 7.63. The van der Waals surface area contributed by atoms with Gasteiger partial charge in [0.2, 0.25) is 0 Å². The first-order valence-electron chi connectivity index (χ1n) is 13.3. The smallest absolute Gasteiger partial charge is 0.320 e. The number of hydrogen-bond donors (Lipinski definition) is 2. The molecular formula is C29H34F2N6O2. The van der Waals surface area contributed by atoms with E-state index in [9.17, 15) is 13.6 Å². The summed E-state index contributed by atoms with van der Waals surface area (Å²) in [4.78, 5) is 19.8. The number of benzene rings is 1. The molecule has 3 aliphatic rings. The van der Waals surface area contributed by atoms with Gasteiger partial charge in [-0.2, -0.15) is 5.10 Å². The lowest BCUT2D eigenvalue weighted by atomic mass is 9.86. The van der Waals surface area contributed by atoms with Gasteiger partial charge in [-0.3, -0.25) is 19.9 Å². The van der Waals surface area contributed by atoms with E-state index in [1.54, 1.807) is 24.9 Å². The van der Waals surface area contributed by atoms with Crippen molar-refractivity contribution in [2.45, 2.75) is 31.2 Å². The number of hydrogen-bond acceptors (Lipinski definition) is 5. The molecule has 2 N–H and O–H groups in total. The lowest BCUT2D eigenvalue weighted by Gasteiger charge is -2.21. The predicted molar refractivity (Wildman–Crippen MR) is 148 cm³/mol. The van der Waals surface area contributed by atoms with E-state index in [4.69, 9.17) is 9.84 Å². The summed E-state index contributed by atoms with van der Waals surface area (Å²) in [5.74, 6) is -1.10. The van der Waals surface area contributed by atoms with Crippen LogP contribution in [0.5, 0.6) is 0 Å². The molecule has 1 aromatic carbocycles. The van der Waals surface area contributed by atoms with Crippen LogP contribution in [-0.2, 0) is 11.8 Å². The summed E-state index contributed by atoms with van der Waals surface area (Å²) in [6.07, 6.45) is 12.9. The Morgan fingerprint density at radius 2 is 2.08 bits per heavy atom. The third kappa shape index (κ3) is 6.34. The minimum absolute atomic E-state index is 0.197. The fraction of sp³-hybridized carbons (Fsp3) is 0.414. The molecule has 1 aliphatic carbocycles. The molecule has 0 radical (unpaired) electrons. The maximum Gasteiger partial charge on any atom is 0.320 e. The van der Waals surface area contributed by atoms with Crippen molar-refractivity contribution in [3.63, 3.8) is 0 Å². The number of anilines is 1. The van der Waals surface area contributed by atoms with E-state index >= 15 is 0 Å². The van der Waals surface area contributed by atoms with Gasteiger partial charge in [-0.05, 0) is 54.5 Å². The highest BCUT2D eigenvalue weighted by molar-refractivity contribution is 5.96. The molecule has 2 bridgehead atoms. The van der Waals surface area contributed by atoms with Gasteiger partial charge in [-0.25, -0.2) is 13.6 Å². The number of nitrogens with one attached hydrogen (secondary N) is 2. The summed E-state index contributed by atoms with van der Waals surface area (Å²) in [5.41, 5.74) is 3.67. The largest absolute Gasteiger partial charge is 0.383 e. The van der Waals surface area contributed by atoms with Crippen LogP contribution in [0.4, 0.5) is 19.4 Å². The monoisotopic (exact) mass is 536 g/mol. The van der Waals surface area contributed by atoms with E-state index in [1.165, 1.54) is 6.07 Å². The van der Waals surface area contributed by atoms with Crippen molar-refractivity contribution in [2.75, 3.05) is 38.7 Å². The second-order valence-electron chi connectivity index (χ2n) is 10.2. The highest BCUT2D eigenvalue weighted by Crippen LogP contribution is 2.33. The molecule has 1 aromatic heterocycles. The number of aryl methyl sites for hydroxylation is 1. The Morgan fingerprint density at radius 3 is 2.90 bits per heavy atom. The highest BCUT2D eigenvalue weighted by atomic mass is 19.2. The second kappa shape index (κ2) is 12.0. The number of allylic oxidation sites excluding steroid dienone is 5. The van der Waals surface area contributed by atoms with E-state index in [0.29, 0.717) is 43.5 Å². The van der Waals surface area contributed by atoms with Gasteiger partial charge in [0.15, 0.2) is 11.6 Å². The number of fused-ring (bicyclic) bond motifs is 3. The SMILES string of the molecule is COCCN1C[C@@H](NC(=O)Nc2cc(/C3=C/C=C\C4=N/C=C\CC3CC4)nn2C)[C@H](c2ccc(F)c(F)c2)C1. The topological polar surface area (TPSA) is 83.8 Å². The number of halogens is 2. The van der Waals surface area contributed by atoms with Gasteiger partial charge in [0.05, 0.1) is 18.3 Å². The Balaban J connectivity index is 1.31. The molecule has 1 unspecified atom stereocenters. The molecule has 1 saturated heterocycles. The number of urea groups is 1. The van der Waals surface area contributed by atoms with Crippen molar-refractivity contribution >= 4 is 23.1 Å². The summed E-state index contributed by atoms with van der Waals surface area (Å²) in [5, 5.41) is 10.7. The summed E-state index contributed by atoms with van der Waals surface area (Å²) < 4.78 is 34.5.